The number of carbonyl (C=O) groups excluding carboxylic acids is 3. The maximum atomic E-state index is 13.3. The summed E-state index contributed by atoms with van der Waals surface area (Å²) in [4.78, 5) is 42.0. The number of hydrogen-bond donors (Lipinski definition) is 1. The number of amides is 2. The maximum Gasteiger partial charge on any atom is 0.251 e. The van der Waals surface area contributed by atoms with Crippen LogP contribution in [0.25, 0.3) is 0 Å². The van der Waals surface area contributed by atoms with Crippen LogP contribution in [0.1, 0.15) is 43.5 Å². The molecule has 29 heavy (non-hydrogen) atoms. The molecule has 1 aromatic rings. The molecule has 2 unspecified atom stereocenters. The third-order valence-electron chi connectivity index (χ3n) is 5.58. The molecule has 0 aliphatic carbocycles. The molecule has 2 saturated heterocycles. The van der Waals surface area contributed by atoms with Gasteiger partial charge in [0.25, 0.3) is 5.91 Å². The molecule has 0 spiro atoms. The first-order valence-electron chi connectivity index (χ1n) is 10.3. The predicted molar refractivity (Wildman–Crippen MR) is 111 cm³/mol. The lowest BCUT2D eigenvalue weighted by molar-refractivity contribution is -0.142. The van der Waals surface area contributed by atoms with E-state index in [1.54, 1.807) is 17.0 Å². The minimum atomic E-state index is -0.664. The molecule has 2 aliphatic rings. The number of Topliss-reactive ketones (excluding diaryl/α,β-unsaturated/α-hetero) is 1. The number of fused-ring (bicyclic) bond motifs is 1. The van der Waals surface area contributed by atoms with Crippen molar-refractivity contribution in [2.24, 2.45) is 5.92 Å². The second-order valence-electron chi connectivity index (χ2n) is 8.53. The van der Waals surface area contributed by atoms with Crippen molar-refractivity contribution in [3.05, 3.63) is 29.8 Å². The summed E-state index contributed by atoms with van der Waals surface area (Å²) in [6, 6.07) is 6.08. The van der Waals surface area contributed by atoms with Gasteiger partial charge in [0.15, 0.2) is 5.78 Å². The summed E-state index contributed by atoms with van der Waals surface area (Å²) in [5, 5.41) is 2.91. The highest BCUT2D eigenvalue weighted by Gasteiger charge is 2.45. The van der Waals surface area contributed by atoms with Crippen molar-refractivity contribution in [3.63, 3.8) is 0 Å². The molecule has 0 aromatic heterocycles. The number of rotatable bonds is 6. The van der Waals surface area contributed by atoms with Crippen LogP contribution in [-0.4, -0.2) is 67.9 Å². The normalized spacial score (nSPS) is 22.4. The molecule has 7 nitrogen and oxygen atoms in total. The molecule has 2 amide bonds. The van der Waals surface area contributed by atoms with E-state index in [1.165, 1.54) is 0 Å². The van der Waals surface area contributed by atoms with E-state index in [9.17, 15) is 14.4 Å². The van der Waals surface area contributed by atoms with Gasteiger partial charge in [0, 0.05) is 31.9 Å². The first-order chi connectivity index (χ1) is 13.8. The molecular formula is C22H31N3O4. The third kappa shape index (κ3) is 4.78. The van der Waals surface area contributed by atoms with Gasteiger partial charge in [-0.15, -0.1) is 0 Å². The molecule has 2 heterocycles. The highest BCUT2D eigenvalue weighted by Crippen LogP contribution is 2.27. The summed E-state index contributed by atoms with van der Waals surface area (Å²) in [5.74, 6) is -0.296. The van der Waals surface area contributed by atoms with Crippen LogP contribution in [0.4, 0.5) is 5.69 Å². The number of likely N-dealkylation sites (tertiary alicyclic amines) is 1. The minimum Gasteiger partial charge on any atom is -0.378 e. The molecule has 3 atom stereocenters. The average molecular weight is 402 g/mol. The molecule has 158 valence electrons. The van der Waals surface area contributed by atoms with Crippen LogP contribution >= 0.6 is 0 Å². The summed E-state index contributed by atoms with van der Waals surface area (Å²) in [7, 11) is 3.87. The summed E-state index contributed by atoms with van der Waals surface area (Å²) in [5.41, 5.74) is 1.50. The van der Waals surface area contributed by atoms with Gasteiger partial charge in [-0.05, 0) is 49.4 Å². The molecule has 7 heteroatoms. The quantitative estimate of drug-likeness (QED) is 0.787. The van der Waals surface area contributed by atoms with E-state index >= 15 is 0 Å². The molecule has 0 saturated carbocycles. The Bertz CT molecular complexity index is 760. The molecule has 1 aromatic carbocycles. The van der Waals surface area contributed by atoms with Gasteiger partial charge in [-0.2, -0.15) is 0 Å². The Labute approximate surface area is 172 Å². The van der Waals surface area contributed by atoms with E-state index < -0.39 is 12.1 Å². The van der Waals surface area contributed by atoms with Gasteiger partial charge in [-0.25, -0.2) is 0 Å². The summed E-state index contributed by atoms with van der Waals surface area (Å²) < 4.78 is 5.56. The number of benzene rings is 1. The fourth-order valence-electron chi connectivity index (χ4n) is 4.08. The average Bonchev–Trinajstić information content (AvgIpc) is 3.07. The zero-order valence-electron chi connectivity index (χ0n) is 17.7. The molecule has 2 fully saturated rings. The van der Waals surface area contributed by atoms with Crippen molar-refractivity contribution in [3.8, 4) is 0 Å². The van der Waals surface area contributed by atoms with Crippen molar-refractivity contribution in [2.45, 2.75) is 51.3 Å². The fraction of sp³-hybridized carbons (Fsp3) is 0.591. The molecular weight excluding hydrogens is 370 g/mol. The van der Waals surface area contributed by atoms with Crippen molar-refractivity contribution in [2.75, 3.05) is 32.1 Å². The summed E-state index contributed by atoms with van der Waals surface area (Å²) >= 11 is 0. The molecule has 0 radical (unpaired) electrons. The number of nitrogens with one attached hydrogen (secondary N) is 1. The number of ether oxygens (including phenoxy) is 1. The lowest BCUT2D eigenvalue weighted by Crippen LogP contribution is -2.58. The van der Waals surface area contributed by atoms with Gasteiger partial charge in [0.1, 0.15) is 18.7 Å². The lowest BCUT2D eigenvalue weighted by Gasteiger charge is -2.37. The Morgan fingerprint density at radius 2 is 1.93 bits per heavy atom. The van der Waals surface area contributed by atoms with Gasteiger partial charge >= 0.3 is 0 Å². The van der Waals surface area contributed by atoms with Gasteiger partial charge in [0.05, 0.1) is 6.10 Å². The zero-order chi connectivity index (χ0) is 21.1. The SMILES string of the molecule is CC(C)C[C@H](NC(=O)c1ccc(N(C)C)cc1)C(=O)N1CCCC2OCC(=O)C21. The summed E-state index contributed by atoms with van der Waals surface area (Å²) in [6.07, 6.45) is 1.89. The van der Waals surface area contributed by atoms with Gasteiger partial charge < -0.3 is 19.9 Å². The number of ketones is 1. The van der Waals surface area contributed by atoms with Gasteiger partial charge in [0.2, 0.25) is 5.91 Å². The van der Waals surface area contributed by atoms with Crippen LogP contribution in [0.2, 0.25) is 0 Å². The number of anilines is 1. The summed E-state index contributed by atoms with van der Waals surface area (Å²) in [6.45, 7) is 4.62. The molecule has 1 N–H and O–H groups in total. The monoisotopic (exact) mass is 401 g/mol. The maximum absolute atomic E-state index is 13.3. The first-order valence-corrected chi connectivity index (χ1v) is 10.3. The number of piperidine rings is 1. The smallest absolute Gasteiger partial charge is 0.251 e. The second kappa shape index (κ2) is 8.95. The Kier molecular flexibility index (Phi) is 6.57. The van der Waals surface area contributed by atoms with Crippen molar-refractivity contribution in [1.82, 2.24) is 10.2 Å². The predicted octanol–water partition coefficient (Wildman–Crippen LogP) is 1.86. The molecule has 0 bridgehead atoms. The standard InChI is InChI=1S/C22H31N3O4/c1-14(2)12-17(23-21(27)15-7-9-16(10-8-15)24(3)4)22(28)25-11-5-6-19-20(25)18(26)13-29-19/h7-10,14,17,19-20H,5-6,11-13H2,1-4H3,(H,23,27)/t17-,19?,20?/m0/s1. The minimum absolute atomic E-state index is 0.0445. The highest BCUT2D eigenvalue weighted by atomic mass is 16.5. The van der Waals surface area contributed by atoms with Crippen LogP contribution in [0.5, 0.6) is 0 Å². The van der Waals surface area contributed by atoms with Gasteiger partial charge in [-0.1, -0.05) is 13.8 Å². The topological polar surface area (TPSA) is 79.0 Å². The van der Waals surface area contributed by atoms with E-state index in [0.717, 1.165) is 18.5 Å². The highest BCUT2D eigenvalue weighted by molar-refractivity contribution is 5.99. The Balaban J connectivity index is 1.75. The van der Waals surface area contributed by atoms with Crippen LogP contribution in [0.3, 0.4) is 0 Å². The number of hydrogen-bond acceptors (Lipinski definition) is 5. The van der Waals surface area contributed by atoms with Crippen LogP contribution < -0.4 is 10.2 Å². The Morgan fingerprint density at radius 3 is 2.55 bits per heavy atom. The lowest BCUT2D eigenvalue weighted by atomic mass is 9.95. The van der Waals surface area contributed by atoms with Crippen LogP contribution in [0.15, 0.2) is 24.3 Å². The van der Waals surface area contributed by atoms with Gasteiger partial charge in [-0.3, -0.25) is 14.4 Å². The fourth-order valence-corrected chi connectivity index (χ4v) is 4.08. The van der Waals surface area contributed by atoms with Crippen LogP contribution in [0, 0.1) is 5.92 Å². The van der Waals surface area contributed by atoms with Crippen LogP contribution in [-0.2, 0) is 14.3 Å². The molecule has 3 rings (SSSR count). The van der Waals surface area contributed by atoms with E-state index in [-0.39, 0.29) is 36.2 Å². The molecule has 2 aliphatic heterocycles. The largest absolute Gasteiger partial charge is 0.378 e. The van der Waals surface area contributed by atoms with E-state index in [1.807, 2.05) is 45.0 Å². The first kappa shape index (κ1) is 21.3. The Hall–Kier alpha value is -2.41. The number of carbonyl (C=O) groups is 3. The van der Waals surface area contributed by atoms with E-state index in [0.29, 0.717) is 18.5 Å². The second-order valence-corrected chi connectivity index (χ2v) is 8.53. The third-order valence-corrected chi connectivity index (χ3v) is 5.58. The van der Waals surface area contributed by atoms with Crippen molar-refractivity contribution in [1.29, 1.82) is 0 Å². The van der Waals surface area contributed by atoms with E-state index in [4.69, 9.17) is 4.74 Å². The number of nitrogens with zero attached hydrogens (tertiary/aromatic N) is 2. The zero-order valence-corrected chi connectivity index (χ0v) is 17.7. The Morgan fingerprint density at radius 1 is 1.24 bits per heavy atom. The van der Waals surface area contributed by atoms with Crippen molar-refractivity contribution < 1.29 is 19.1 Å². The van der Waals surface area contributed by atoms with E-state index in [2.05, 4.69) is 5.32 Å². The van der Waals surface area contributed by atoms with Crippen molar-refractivity contribution >= 4 is 23.3 Å².